The van der Waals surface area contributed by atoms with Gasteiger partial charge in [-0.1, -0.05) is 162 Å². The SMILES string of the molecule is [2H]C([2H])([2H])c1cnc(-c2cc(Oc3cccc(-c4nc5ccccc5n4-c4c(C(C)C)cc(C5CC[Si](C)(C)CC5)cc4C(C)C)c3)cc3c2oc2ccccc23)cc1-c1ccc(-c2ccccc2)cc1. The van der Waals surface area contributed by atoms with Crippen LogP contribution < -0.4 is 4.74 Å². The van der Waals surface area contributed by atoms with E-state index in [4.69, 9.17) is 23.2 Å². The molecule has 0 atom stereocenters. The minimum Gasteiger partial charge on any atom is -0.457 e. The highest BCUT2D eigenvalue weighted by atomic mass is 28.3. The highest BCUT2D eigenvalue weighted by molar-refractivity contribution is 6.77. The molecule has 5 nitrogen and oxygen atoms in total. The smallest absolute Gasteiger partial charge is 0.145 e. The summed E-state index contributed by atoms with van der Waals surface area (Å²) < 4.78 is 41.5. The molecule has 11 rings (SSSR count). The highest BCUT2D eigenvalue weighted by Gasteiger charge is 2.31. The van der Waals surface area contributed by atoms with Crippen LogP contribution in [0.1, 0.15) is 84.7 Å². The lowest BCUT2D eigenvalue weighted by molar-refractivity contribution is 0.483. The Morgan fingerprint density at radius 1 is 0.647 bits per heavy atom. The molecule has 7 aromatic carbocycles. The Balaban J connectivity index is 1.02. The maximum atomic E-state index is 8.52. The van der Waals surface area contributed by atoms with Crippen LogP contribution in [0.4, 0.5) is 0 Å². The lowest BCUT2D eigenvalue weighted by Crippen LogP contribution is -2.30. The second-order valence-corrected chi connectivity index (χ2v) is 25.5. The second-order valence-electron chi connectivity index (χ2n) is 20.2. The number of rotatable bonds is 10. The molecule has 0 unspecified atom stereocenters. The van der Waals surface area contributed by atoms with Crippen molar-refractivity contribution in [3.8, 4) is 62.1 Å². The first-order valence-corrected chi connectivity index (χ1v) is 27.7. The number of imidazole rings is 1. The number of pyridine rings is 1. The van der Waals surface area contributed by atoms with Gasteiger partial charge in [0, 0.05) is 40.3 Å². The molecule has 0 spiro atoms. The molecule has 1 aliphatic heterocycles. The maximum absolute atomic E-state index is 8.52. The van der Waals surface area contributed by atoms with Gasteiger partial charge in [-0.15, -0.1) is 0 Å². The van der Waals surface area contributed by atoms with Crippen LogP contribution >= 0.6 is 0 Å². The van der Waals surface area contributed by atoms with Gasteiger partial charge < -0.3 is 9.15 Å². The van der Waals surface area contributed by atoms with Gasteiger partial charge in [0.1, 0.15) is 28.5 Å². The van der Waals surface area contributed by atoms with Crippen molar-refractivity contribution in [1.82, 2.24) is 14.5 Å². The van der Waals surface area contributed by atoms with Crippen LogP contribution in [0.2, 0.25) is 25.2 Å². The van der Waals surface area contributed by atoms with Gasteiger partial charge in [-0.3, -0.25) is 9.55 Å². The molecule has 0 aliphatic carbocycles. The summed E-state index contributed by atoms with van der Waals surface area (Å²) in [7, 11) is -1.11. The second kappa shape index (κ2) is 17.6. The van der Waals surface area contributed by atoms with Crippen LogP contribution in [0.3, 0.4) is 0 Å². The number of ether oxygens (including phenoxy) is 1. The lowest BCUT2D eigenvalue weighted by Gasteiger charge is -2.34. The van der Waals surface area contributed by atoms with Crippen LogP contribution in [0.25, 0.3) is 83.6 Å². The number of aryl methyl sites for hydroxylation is 1. The molecular weight excluding hydrogens is 847 g/mol. The number of furan rings is 1. The van der Waals surface area contributed by atoms with Crippen molar-refractivity contribution in [3.05, 3.63) is 186 Å². The van der Waals surface area contributed by atoms with E-state index in [1.54, 1.807) is 0 Å². The molecular formula is C62H59N3O2Si. The lowest BCUT2D eigenvalue weighted by atomic mass is 9.84. The van der Waals surface area contributed by atoms with Gasteiger partial charge in [-0.25, -0.2) is 4.98 Å². The van der Waals surface area contributed by atoms with Crippen LogP contribution in [0, 0.1) is 6.85 Å². The van der Waals surface area contributed by atoms with Gasteiger partial charge in [0.25, 0.3) is 0 Å². The average Bonchev–Trinajstić information content (AvgIpc) is 3.95. The van der Waals surface area contributed by atoms with E-state index >= 15 is 0 Å². The Morgan fingerprint density at radius 3 is 2.07 bits per heavy atom. The molecule has 1 saturated heterocycles. The molecule has 10 aromatic rings. The summed E-state index contributed by atoms with van der Waals surface area (Å²) in [5.74, 6) is 3.28. The highest BCUT2D eigenvalue weighted by Crippen LogP contribution is 2.45. The Morgan fingerprint density at radius 2 is 1.32 bits per heavy atom. The molecule has 68 heavy (non-hydrogen) atoms. The van der Waals surface area contributed by atoms with E-state index in [-0.39, 0.29) is 5.56 Å². The van der Waals surface area contributed by atoms with Gasteiger partial charge in [0.05, 0.1) is 22.4 Å². The minimum atomic E-state index is -2.39. The van der Waals surface area contributed by atoms with Gasteiger partial charge in [0.2, 0.25) is 0 Å². The molecule has 0 amide bonds. The Labute approximate surface area is 405 Å². The summed E-state index contributed by atoms with van der Waals surface area (Å²) in [6.45, 7) is 12.0. The van der Waals surface area contributed by atoms with E-state index < -0.39 is 14.9 Å². The number of benzene rings is 7. The predicted molar refractivity (Wildman–Crippen MR) is 286 cm³/mol. The predicted octanol–water partition coefficient (Wildman–Crippen LogP) is 17.9. The summed E-state index contributed by atoms with van der Waals surface area (Å²) in [6, 6.07) is 56.5. The van der Waals surface area contributed by atoms with Crippen LogP contribution in [-0.4, -0.2) is 22.6 Å². The molecule has 6 heteroatoms. The van der Waals surface area contributed by atoms with Crippen LogP contribution in [0.5, 0.6) is 11.5 Å². The normalized spacial score (nSPS) is 15.0. The zero-order valence-corrected chi connectivity index (χ0v) is 40.8. The zero-order valence-electron chi connectivity index (χ0n) is 42.8. The number of aromatic nitrogens is 3. The summed E-state index contributed by atoms with van der Waals surface area (Å²) in [4.78, 5) is 10.2. The van der Waals surface area contributed by atoms with E-state index in [1.807, 2.05) is 97.1 Å². The molecule has 4 heterocycles. The standard InChI is InChI=1S/C62H59N3O2Si/c1-39(2)51-33-47(44-28-30-68(6,7)31-29-44)34-52(40(3)4)60(51)65-58-22-13-12-21-56(58)64-62(65)46-18-15-19-48(32-46)66-49-35-54-50-20-11-14-23-59(50)67-61(54)55(36-49)57-37-53(41(5)38-63-57)45-26-24-43(25-27-45)42-16-9-8-10-17-42/h8-27,32-40,44H,28-31H2,1-7H3/i5D3. The molecule has 0 saturated carbocycles. The van der Waals surface area contributed by atoms with Crippen LogP contribution in [-0.2, 0) is 0 Å². The van der Waals surface area contributed by atoms with Crippen molar-refractivity contribution in [2.45, 2.75) is 90.3 Å². The molecule has 0 radical (unpaired) electrons. The van der Waals surface area contributed by atoms with Crippen molar-refractivity contribution in [3.63, 3.8) is 0 Å². The van der Waals surface area contributed by atoms with Crippen molar-refractivity contribution in [1.29, 1.82) is 0 Å². The molecule has 3 aromatic heterocycles. The first-order chi connectivity index (χ1) is 34.2. The van der Waals surface area contributed by atoms with Gasteiger partial charge in [-0.05, 0) is 130 Å². The number of hydrogen-bond donors (Lipinski definition) is 0. The average molecular weight is 909 g/mol. The fraction of sp³-hybridized carbons (Fsp3) is 0.226. The van der Waals surface area contributed by atoms with Crippen LogP contribution in [0.15, 0.2) is 168 Å². The summed E-state index contributed by atoms with van der Waals surface area (Å²) in [5.41, 5.74) is 14.7. The summed E-state index contributed by atoms with van der Waals surface area (Å²) >= 11 is 0. The Kier molecular flexibility index (Phi) is 10.4. The third-order valence-electron chi connectivity index (χ3n) is 14.3. The first kappa shape index (κ1) is 40.1. The van der Waals surface area contributed by atoms with Crippen molar-refractivity contribution >= 4 is 41.0 Å². The van der Waals surface area contributed by atoms with Gasteiger partial charge in [0.15, 0.2) is 0 Å². The topological polar surface area (TPSA) is 53.1 Å². The third kappa shape index (κ3) is 8.15. The molecule has 1 fully saturated rings. The van der Waals surface area contributed by atoms with E-state index in [0.29, 0.717) is 51.7 Å². The quantitative estimate of drug-likeness (QED) is 0.128. The zero-order chi connectivity index (χ0) is 49.2. The van der Waals surface area contributed by atoms with E-state index in [2.05, 4.69) is 106 Å². The van der Waals surface area contributed by atoms with Crippen molar-refractivity contribution in [2.75, 3.05) is 0 Å². The fourth-order valence-corrected chi connectivity index (χ4v) is 13.0. The maximum Gasteiger partial charge on any atom is 0.145 e. The number of para-hydroxylation sites is 3. The largest absolute Gasteiger partial charge is 0.457 e. The van der Waals surface area contributed by atoms with Gasteiger partial charge in [-0.2, -0.15) is 0 Å². The number of nitrogens with zero attached hydrogens (tertiary/aromatic N) is 3. The number of hydrogen-bond acceptors (Lipinski definition) is 4. The third-order valence-corrected chi connectivity index (χ3v) is 17.6. The van der Waals surface area contributed by atoms with Crippen molar-refractivity contribution < 1.29 is 13.3 Å². The minimum absolute atomic E-state index is 0.177. The molecule has 1 aliphatic rings. The van der Waals surface area contributed by atoms with E-state index in [9.17, 15) is 0 Å². The molecule has 0 bridgehead atoms. The van der Waals surface area contributed by atoms with Gasteiger partial charge >= 0.3 is 0 Å². The first-order valence-electron chi connectivity index (χ1n) is 25.7. The number of fused-ring (bicyclic) bond motifs is 4. The monoisotopic (exact) mass is 908 g/mol. The van der Waals surface area contributed by atoms with Crippen molar-refractivity contribution in [2.24, 2.45) is 0 Å². The fourth-order valence-electron chi connectivity index (χ4n) is 10.5. The Hall–Kier alpha value is -7.02. The Bertz CT molecular complexity index is 3570. The van der Waals surface area contributed by atoms with E-state index in [1.165, 1.54) is 53.5 Å². The molecule has 338 valence electrons. The van der Waals surface area contributed by atoms with E-state index in [0.717, 1.165) is 55.5 Å². The summed E-state index contributed by atoms with van der Waals surface area (Å²) in [5, 5.41) is 1.81. The molecule has 0 N–H and O–H groups in total. The summed E-state index contributed by atoms with van der Waals surface area (Å²) in [6.07, 6.45) is 4.05.